The summed E-state index contributed by atoms with van der Waals surface area (Å²) in [6, 6.07) is -0.580. The molecule has 0 saturated carbocycles. The second-order valence-electron chi connectivity index (χ2n) is 6.23. The van der Waals surface area contributed by atoms with E-state index in [1.165, 1.54) is 4.31 Å². The third kappa shape index (κ3) is 4.93. The van der Waals surface area contributed by atoms with Crippen LogP contribution in [-0.2, 0) is 14.8 Å². The van der Waals surface area contributed by atoms with Gasteiger partial charge in [-0.05, 0) is 32.1 Å². The number of rotatable bonds is 8. The van der Waals surface area contributed by atoms with Crippen molar-refractivity contribution >= 4 is 15.9 Å². The Morgan fingerprint density at radius 2 is 1.91 bits per heavy atom. The fourth-order valence-corrected chi connectivity index (χ4v) is 4.50. The van der Waals surface area contributed by atoms with Crippen LogP contribution in [0.1, 0.15) is 59.3 Å². The Kier molecular flexibility index (Phi) is 7.28. The number of carbonyl (C=O) groups excluding carboxylic acids is 1. The summed E-state index contributed by atoms with van der Waals surface area (Å²) in [7, 11) is -3.35. The van der Waals surface area contributed by atoms with E-state index in [1.807, 2.05) is 20.8 Å². The summed E-state index contributed by atoms with van der Waals surface area (Å²) >= 11 is 0. The van der Waals surface area contributed by atoms with Crippen LogP contribution in [0.5, 0.6) is 0 Å². The second-order valence-corrected chi connectivity index (χ2v) is 8.27. The molecule has 1 amide bonds. The standard InChI is InChI=1S/C15H31N3O3S/c1-4-11-22(20,21)18-10-8-7-9-13(18)14(19)17-12-15(16,5-2)6-3/h13H,4-12,16H2,1-3H3,(H,17,19). The zero-order chi connectivity index (χ0) is 16.8. The number of carbonyl (C=O) groups is 1. The van der Waals surface area contributed by atoms with Crippen LogP contribution in [0.25, 0.3) is 0 Å². The molecular weight excluding hydrogens is 302 g/mol. The Labute approximate surface area is 134 Å². The molecular formula is C15H31N3O3S. The number of nitrogens with two attached hydrogens (primary N) is 1. The summed E-state index contributed by atoms with van der Waals surface area (Å²) in [5, 5.41) is 2.87. The van der Waals surface area contributed by atoms with Crippen LogP contribution in [0.4, 0.5) is 0 Å². The van der Waals surface area contributed by atoms with Crippen LogP contribution >= 0.6 is 0 Å². The highest BCUT2D eigenvalue weighted by Crippen LogP contribution is 2.21. The number of nitrogens with one attached hydrogen (secondary N) is 1. The predicted octanol–water partition coefficient (Wildman–Crippen LogP) is 1.21. The van der Waals surface area contributed by atoms with Crippen molar-refractivity contribution in [3.8, 4) is 0 Å². The minimum atomic E-state index is -3.35. The van der Waals surface area contributed by atoms with Gasteiger partial charge in [-0.15, -0.1) is 0 Å². The molecule has 0 aromatic carbocycles. The average Bonchev–Trinajstić information content (AvgIpc) is 2.52. The first-order valence-corrected chi connectivity index (χ1v) is 9.96. The molecule has 130 valence electrons. The number of piperidine rings is 1. The van der Waals surface area contributed by atoms with Crippen molar-refractivity contribution in [1.82, 2.24) is 9.62 Å². The molecule has 1 rings (SSSR count). The van der Waals surface area contributed by atoms with Crippen molar-refractivity contribution in [3.05, 3.63) is 0 Å². The fourth-order valence-electron chi connectivity index (χ4n) is 2.76. The Hall–Kier alpha value is -0.660. The monoisotopic (exact) mass is 333 g/mol. The lowest BCUT2D eigenvalue weighted by molar-refractivity contribution is -0.126. The number of hydrogen-bond donors (Lipinski definition) is 2. The van der Waals surface area contributed by atoms with Gasteiger partial charge in [0.15, 0.2) is 0 Å². The molecule has 0 spiro atoms. The number of amides is 1. The Morgan fingerprint density at radius 1 is 1.27 bits per heavy atom. The number of nitrogens with zero attached hydrogens (tertiary/aromatic N) is 1. The van der Waals surface area contributed by atoms with Crippen LogP contribution in [0.15, 0.2) is 0 Å². The summed E-state index contributed by atoms with van der Waals surface area (Å²) in [6.45, 7) is 6.65. The summed E-state index contributed by atoms with van der Waals surface area (Å²) in [4.78, 5) is 12.5. The van der Waals surface area contributed by atoms with Crippen molar-refractivity contribution in [2.75, 3.05) is 18.8 Å². The van der Waals surface area contributed by atoms with Gasteiger partial charge in [-0.3, -0.25) is 4.79 Å². The topological polar surface area (TPSA) is 92.5 Å². The maximum Gasteiger partial charge on any atom is 0.238 e. The van der Waals surface area contributed by atoms with Crippen molar-refractivity contribution in [2.24, 2.45) is 5.73 Å². The molecule has 22 heavy (non-hydrogen) atoms. The van der Waals surface area contributed by atoms with Gasteiger partial charge in [-0.25, -0.2) is 8.42 Å². The van der Waals surface area contributed by atoms with Gasteiger partial charge in [0.2, 0.25) is 15.9 Å². The first kappa shape index (κ1) is 19.4. The molecule has 1 saturated heterocycles. The van der Waals surface area contributed by atoms with Crippen molar-refractivity contribution in [2.45, 2.75) is 70.9 Å². The molecule has 3 N–H and O–H groups in total. The van der Waals surface area contributed by atoms with Gasteiger partial charge in [0.05, 0.1) is 5.75 Å². The average molecular weight is 333 g/mol. The summed E-state index contributed by atoms with van der Waals surface area (Å²) in [5.41, 5.74) is 5.78. The molecule has 1 atom stereocenters. The fraction of sp³-hybridized carbons (Fsp3) is 0.933. The Balaban J connectivity index is 2.76. The molecule has 7 heteroatoms. The zero-order valence-corrected chi connectivity index (χ0v) is 14.9. The first-order chi connectivity index (χ1) is 10.3. The third-order valence-corrected chi connectivity index (χ3v) is 6.67. The maximum atomic E-state index is 12.5. The van der Waals surface area contributed by atoms with Crippen LogP contribution in [0, 0.1) is 0 Å². The third-order valence-electron chi connectivity index (χ3n) is 4.60. The summed E-state index contributed by atoms with van der Waals surface area (Å²) < 4.78 is 26.1. The summed E-state index contributed by atoms with van der Waals surface area (Å²) in [6.07, 6.45) is 4.39. The van der Waals surface area contributed by atoms with Crippen molar-refractivity contribution < 1.29 is 13.2 Å². The van der Waals surface area contributed by atoms with Crippen molar-refractivity contribution in [3.63, 3.8) is 0 Å². The zero-order valence-electron chi connectivity index (χ0n) is 14.1. The van der Waals surface area contributed by atoms with Gasteiger partial charge in [0, 0.05) is 18.6 Å². The second kappa shape index (κ2) is 8.26. The quantitative estimate of drug-likeness (QED) is 0.698. The number of hydrogen-bond acceptors (Lipinski definition) is 4. The van der Waals surface area contributed by atoms with E-state index in [2.05, 4.69) is 5.32 Å². The minimum Gasteiger partial charge on any atom is -0.353 e. The van der Waals surface area contributed by atoms with E-state index in [-0.39, 0.29) is 11.7 Å². The molecule has 1 aliphatic rings. The minimum absolute atomic E-state index is 0.0987. The van der Waals surface area contributed by atoms with Gasteiger partial charge in [0.25, 0.3) is 0 Å². The normalized spacial score (nSPS) is 20.8. The SMILES string of the molecule is CCCS(=O)(=O)N1CCCCC1C(=O)NCC(N)(CC)CC. The molecule has 6 nitrogen and oxygen atoms in total. The van der Waals surface area contributed by atoms with E-state index in [0.717, 1.165) is 25.7 Å². The van der Waals surface area contributed by atoms with Crippen LogP contribution < -0.4 is 11.1 Å². The lowest BCUT2D eigenvalue weighted by Crippen LogP contribution is -2.56. The van der Waals surface area contributed by atoms with E-state index in [0.29, 0.717) is 25.9 Å². The largest absolute Gasteiger partial charge is 0.353 e. The summed E-state index contributed by atoms with van der Waals surface area (Å²) in [5.74, 6) is -0.113. The van der Waals surface area contributed by atoms with Crippen LogP contribution in [0.3, 0.4) is 0 Å². The van der Waals surface area contributed by atoms with E-state index >= 15 is 0 Å². The molecule has 1 unspecified atom stereocenters. The van der Waals surface area contributed by atoms with E-state index in [9.17, 15) is 13.2 Å². The molecule has 1 fully saturated rings. The van der Waals surface area contributed by atoms with Crippen LogP contribution in [-0.4, -0.2) is 49.1 Å². The highest BCUT2D eigenvalue weighted by Gasteiger charge is 2.36. The molecule has 0 aliphatic carbocycles. The van der Waals surface area contributed by atoms with Gasteiger partial charge < -0.3 is 11.1 Å². The Bertz CT molecular complexity index is 461. The molecule has 0 aromatic rings. The molecule has 0 aromatic heterocycles. The molecule has 1 aliphatic heterocycles. The van der Waals surface area contributed by atoms with Crippen LogP contribution in [0.2, 0.25) is 0 Å². The first-order valence-electron chi connectivity index (χ1n) is 8.35. The maximum absolute atomic E-state index is 12.5. The number of sulfonamides is 1. The van der Waals surface area contributed by atoms with Gasteiger partial charge in [-0.2, -0.15) is 4.31 Å². The molecule has 0 bridgehead atoms. The molecule has 0 radical (unpaired) electrons. The smallest absolute Gasteiger partial charge is 0.238 e. The highest BCUT2D eigenvalue weighted by atomic mass is 32.2. The van der Waals surface area contributed by atoms with Gasteiger partial charge in [0.1, 0.15) is 6.04 Å². The van der Waals surface area contributed by atoms with E-state index in [1.54, 1.807) is 0 Å². The Morgan fingerprint density at radius 3 is 2.45 bits per heavy atom. The van der Waals surface area contributed by atoms with E-state index < -0.39 is 21.6 Å². The molecule has 1 heterocycles. The van der Waals surface area contributed by atoms with Gasteiger partial charge in [-0.1, -0.05) is 27.2 Å². The van der Waals surface area contributed by atoms with Gasteiger partial charge >= 0.3 is 0 Å². The lowest BCUT2D eigenvalue weighted by atomic mass is 9.94. The lowest BCUT2D eigenvalue weighted by Gasteiger charge is -2.35. The predicted molar refractivity (Wildman–Crippen MR) is 88.9 cm³/mol. The highest BCUT2D eigenvalue weighted by molar-refractivity contribution is 7.89. The van der Waals surface area contributed by atoms with Crippen molar-refractivity contribution in [1.29, 1.82) is 0 Å². The van der Waals surface area contributed by atoms with E-state index in [4.69, 9.17) is 5.73 Å².